The molecule has 32 heavy (non-hydrogen) atoms. The van der Waals surface area contributed by atoms with Gasteiger partial charge in [0.05, 0.1) is 18.9 Å². The third-order valence-corrected chi connectivity index (χ3v) is 4.78. The van der Waals surface area contributed by atoms with E-state index in [-0.39, 0.29) is 12.4 Å². The van der Waals surface area contributed by atoms with E-state index in [1.165, 1.54) is 13.3 Å². The number of hydrazone groups is 1. The molecule has 0 saturated heterocycles. The molecule has 3 aromatic rings. The van der Waals surface area contributed by atoms with Crippen molar-refractivity contribution >= 4 is 45.6 Å². The lowest BCUT2D eigenvalue weighted by Crippen LogP contribution is -2.24. The number of nitrogens with zero attached hydrogens (tertiary/aromatic N) is 1. The van der Waals surface area contributed by atoms with Gasteiger partial charge < -0.3 is 14.2 Å². The summed E-state index contributed by atoms with van der Waals surface area (Å²) in [5, 5.41) is 4.48. The topological polar surface area (TPSA) is 86.2 Å². The molecule has 3 aromatic carbocycles. The Balaban J connectivity index is 1.56. The minimum atomic E-state index is -0.515. The number of rotatable bonds is 8. The molecule has 0 fully saturated rings. The Morgan fingerprint density at radius 2 is 1.84 bits per heavy atom. The quantitative estimate of drug-likeness (QED) is 0.200. The third kappa shape index (κ3) is 6.83. The zero-order valence-electron chi connectivity index (χ0n) is 16.9. The van der Waals surface area contributed by atoms with E-state index in [0.29, 0.717) is 27.6 Å². The Morgan fingerprint density at radius 1 is 1.06 bits per heavy atom. The Morgan fingerprint density at radius 3 is 2.56 bits per heavy atom. The normalized spacial score (nSPS) is 10.6. The number of benzene rings is 3. The SMILES string of the molecule is COc1cc(C=NNC(=O)COc2ccc(Cl)cc2)ccc1OC(=O)c1cccc(Br)c1. The van der Waals surface area contributed by atoms with Crippen molar-refractivity contribution in [2.24, 2.45) is 5.10 Å². The molecule has 3 rings (SSSR count). The average molecular weight is 518 g/mol. The minimum absolute atomic E-state index is 0.202. The predicted octanol–water partition coefficient (Wildman–Crippen LogP) is 4.86. The van der Waals surface area contributed by atoms with Crippen molar-refractivity contribution in [3.05, 3.63) is 87.4 Å². The van der Waals surface area contributed by atoms with Crippen LogP contribution in [0.2, 0.25) is 5.02 Å². The molecule has 9 heteroatoms. The van der Waals surface area contributed by atoms with E-state index in [1.54, 1.807) is 60.7 Å². The molecule has 1 N–H and O–H groups in total. The fourth-order valence-electron chi connectivity index (χ4n) is 2.51. The number of carbonyl (C=O) groups excluding carboxylic acids is 2. The number of hydrogen-bond donors (Lipinski definition) is 1. The number of carbonyl (C=O) groups is 2. The lowest BCUT2D eigenvalue weighted by atomic mass is 10.2. The van der Waals surface area contributed by atoms with Crippen LogP contribution in [0.3, 0.4) is 0 Å². The fourth-order valence-corrected chi connectivity index (χ4v) is 3.04. The molecule has 0 aliphatic rings. The maximum Gasteiger partial charge on any atom is 0.343 e. The van der Waals surface area contributed by atoms with E-state index in [1.807, 2.05) is 6.07 Å². The van der Waals surface area contributed by atoms with Gasteiger partial charge in [-0.05, 0) is 66.2 Å². The number of ether oxygens (including phenoxy) is 3. The summed E-state index contributed by atoms with van der Waals surface area (Å²) in [5.41, 5.74) is 3.40. The van der Waals surface area contributed by atoms with Crippen molar-refractivity contribution < 1.29 is 23.8 Å². The molecular formula is C23H18BrClN2O5. The first-order valence-corrected chi connectivity index (χ1v) is 10.5. The second-order valence-corrected chi connectivity index (χ2v) is 7.70. The van der Waals surface area contributed by atoms with Crippen LogP contribution in [0.15, 0.2) is 76.3 Å². The lowest BCUT2D eigenvalue weighted by molar-refractivity contribution is -0.123. The van der Waals surface area contributed by atoms with Gasteiger partial charge in [0, 0.05) is 9.50 Å². The molecule has 0 aliphatic heterocycles. The van der Waals surface area contributed by atoms with E-state index in [9.17, 15) is 9.59 Å². The van der Waals surface area contributed by atoms with Crippen molar-refractivity contribution in [1.82, 2.24) is 5.43 Å². The Hall–Kier alpha value is -3.36. The van der Waals surface area contributed by atoms with E-state index >= 15 is 0 Å². The highest BCUT2D eigenvalue weighted by Gasteiger charge is 2.13. The molecule has 0 bridgehead atoms. The first-order chi connectivity index (χ1) is 15.4. The van der Waals surface area contributed by atoms with Crippen LogP contribution < -0.4 is 19.6 Å². The van der Waals surface area contributed by atoms with Gasteiger partial charge in [-0.2, -0.15) is 5.10 Å². The monoisotopic (exact) mass is 516 g/mol. The minimum Gasteiger partial charge on any atom is -0.493 e. The highest BCUT2D eigenvalue weighted by Crippen LogP contribution is 2.28. The number of hydrogen-bond acceptors (Lipinski definition) is 6. The molecule has 0 spiro atoms. The number of halogens is 2. The van der Waals surface area contributed by atoms with E-state index in [0.717, 1.165) is 4.47 Å². The average Bonchev–Trinajstić information content (AvgIpc) is 2.79. The summed E-state index contributed by atoms with van der Waals surface area (Å²) < 4.78 is 16.8. The third-order valence-electron chi connectivity index (χ3n) is 4.04. The number of methoxy groups -OCH3 is 1. The summed E-state index contributed by atoms with van der Waals surface area (Å²) >= 11 is 9.12. The Labute approximate surface area is 198 Å². The first kappa shape index (κ1) is 23.3. The van der Waals surface area contributed by atoms with Gasteiger partial charge in [0.1, 0.15) is 5.75 Å². The van der Waals surface area contributed by atoms with Gasteiger partial charge in [0.2, 0.25) is 0 Å². The zero-order valence-corrected chi connectivity index (χ0v) is 19.2. The molecule has 0 aromatic heterocycles. The molecule has 0 heterocycles. The second kappa shape index (κ2) is 11.3. The van der Waals surface area contributed by atoms with E-state index in [2.05, 4.69) is 26.5 Å². The van der Waals surface area contributed by atoms with Crippen LogP contribution in [0.1, 0.15) is 15.9 Å². The number of amides is 1. The first-order valence-electron chi connectivity index (χ1n) is 9.30. The van der Waals surface area contributed by atoms with Crippen LogP contribution in [-0.4, -0.2) is 31.8 Å². The van der Waals surface area contributed by atoms with Gasteiger partial charge in [0.25, 0.3) is 5.91 Å². The summed E-state index contributed by atoms with van der Waals surface area (Å²) in [6, 6.07) is 18.4. The number of nitrogens with one attached hydrogen (secondary N) is 1. The van der Waals surface area contributed by atoms with Gasteiger partial charge in [-0.15, -0.1) is 0 Å². The van der Waals surface area contributed by atoms with Crippen LogP contribution in [0.4, 0.5) is 0 Å². The molecule has 0 atom stereocenters. The van der Waals surface area contributed by atoms with E-state index in [4.69, 9.17) is 25.8 Å². The molecule has 1 amide bonds. The molecule has 0 saturated carbocycles. The lowest BCUT2D eigenvalue weighted by Gasteiger charge is -2.10. The molecule has 0 unspecified atom stereocenters. The maximum atomic E-state index is 12.4. The molecular weight excluding hydrogens is 500 g/mol. The zero-order chi connectivity index (χ0) is 22.9. The standard InChI is InChI=1S/C23H18BrClN2O5/c1-30-21-11-15(5-10-20(21)32-23(29)16-3-2-4-17(24)12-16)13-26-27-22(28)14-31-19-8-6-18(25)7-9-19/h2-13H,14H2,1H3,(H,27,28). The highest BCUT2D eigenvalue weighted by molar-refractivity contribution is 9.10. The summed E-state index contributed by atoms with van der Waals surface area (Å²) in [6.45, 7) is -0.202. The van der Waals surface area contributed by atoms with Crippen LogP contribution in [0.25, 0.3) is 0 Å². The van der Waals surface area contributed by atoms with Gasteiger partial charge in [0.15, 0.2) is 18.1 Å². The summed E-state index contributed by atoms with van der Waals surface area (Å²) in [4.78, 5) is 24.2. The number of esters is 1. The van der Waals surface area contributed by atoms with E-state index < -0.39 is 11.9 Å². The fraction of sp³-hybridized carbons (Fsp3) is 0.0870. The van der Waals surface area contributed by atoms with Crippen molar-refractivity contribution in [1.29, 1.82) is 0 Å². The van der Waals surface area contributed by atoms with Gasteiger partial charge >= 0.3 is 5.97 Å². The Kier molecular flexibility index (Phi) is 8.24. The van der Waals surface area contributed by atoms with Crippen LogP contribution >= 0.6 is 27.5 Å². The molecule has 0 radical (unpaired) electrons. The van der Waals surface area contributed by atoms with Crippen LogP contribution in [0.5, 0.6) is 17.2 Å². The van der Waals surface area contributed by atoms with Gasteiger partial charge in [-0.1, -0.05) is 33.6 Å². The predicted molar refractivity (Wildman–Crippen MR) is 125 cm³/mol. The molecule has 164 valence electrons. The Bertz CT molecular complexity index is 1140. The van der Waals surface area contributed by atoms with Gasteiger partial charge in [-0.25, -0.2) is 10.2 Å². The maximum absolute atomic E-state index is 12.4. The van der Waals surface area contributed by atoms with Crippen molar-refractivity contribution in [2.75, 3.05) is 13.7 Å². The van der Waals surface area contributed by atoms with Crippen molar-refractivity contribution in [2.45, 2.75) is 0 Å². The summed E-state index contributed by atoms with van der Waals surface area (Å²) in [5.74, 6) is 0.178. The molecule has 7 nitrogen and oxygen atoms in total. The van der Waals surface area contributed by atoms with Crippen molar-refractivity contribution in [3.63, 3.8) is 0 Å². The largest absolute Gasteiger partial charge is 0.493 e. The summed E-state index contributed by atoms with van der Waals surface area (Å²) in [6.07, 6.45) is 1.43. The van der Waals surface area contributed by atoms with Crippen molar-refractivity contribution in [3.8, 4) is 17.2 Å². The molecule has 0 aliphatic carbocycles. The van der Waals surface area contributed by atoms with Crippen LogP contribution in [0, 0.1) is 0 Å². The van der Waals surface area contributed by atoms with Gasteiger partial charge in [-0.3, -0.25) is 4.79 Å². The highest BCUT2D eigenvalue weighted by atomic mass is 79.9. The summed E-state index contributed by atoms with van der Waals surface area (Å²) in [7, 11) is 1.46. The second-order valence-electron chi connectivity index (χ2n) is 6.35. The smallest absolute Gasteiger partial charge is 0.343 e. The van der Waals surface area contributed by atoms with Crippen LogP contribution in [-0.2, 0) is 4.79 Å².